The summed E-state index contributed by atoms with van der Waals surface area (Å²) < 4.78 is 27.4. The quantitative estimate of drug-likeness (QED) is 0.861. The molecule has 19 heavy (non-hydrogen) atoms. The van der Waals surface area contributed by atoms with Crippen molar-refractivity contribution in [1.82, 2.24) is 0 Å². The van der Waals surface area contributed by atoms with Crippen LogP contribution in [0, 0.1) is 28.4 Å². The summed E-state index contributed by atoms with van der Waals surface area (Å²) in [4.78, 5) is 0. The predicted molar refractivity (Wildman–Crippen MR) is 67.5 cm³/mol. The van der Waals surface area contributed by atoms with E-state index in [0.29, 0.717) is 13.0 Å². The van der Waals surface area contributed by atoms with E-state index in [-0.39, 0.29) is 23.3 Å². The number of benzene rings is 1. The van der Waals surface area contributed by atoms with Crippen molar-refractivity contribution in [2.45, 2.75) is 25.7 Å². The van der Waals surface area contributed by atoms with Crippen LogP contribution >= 0.6 is 0 Å². The second kappa shape index (κ2) is 5.54. The highest BCUT2D eigenvalue weighted by Gasteiger charge is 2.36. The second-order valence-corrected chi connectivity index (χ2v) is 5.11. The van der Waals surface area contributed by atoms with Crippen LogP contribution in [0.5, 0.6) is 0 Å². The number of nitrogens with one attached hydrogen (secondary N) is 1. The van der Waals surface area contributed by atoms with Gasteiger partial charge in [0.1, 0.15) is 5.69 Å². The molecule has 3 nitrogen and oxygen atoms in total. The molecule has 1 aromatic rings. The van der Waals surface area contributed by atoms with Crippen molar-refractivity contribution in [3.8, 4) is 6.07 Å². The summed E-state index contributed by atoms with van der Waals surface area (Å²) in [5.41, 5.74) is -0.279. The maximum absolute atomic E-state index is 13.7. The third kappa shape index (κ3) is 2.85. The van der Waals surface area contributed by atoms with Crippen molar-refractivity contribution in [3.63, 3.8) is 0 Å². The van der Waals surface area contributed by atoms with Crippen molar-refractivity contribution in [2.75, 3.05) is 18.5 Å². The smallest absolute Gasteiger partial charge is 0.150 e. The van der Waals surface area contributed by atoms with Gasteiger partial charge in [0.25, 0.3) is 0 Å². The molecule has 0 aliphatic heterocycles. The number of aliphatic hydroxyl groups is 1. The van der Waals surface area contributed by atoms with Gasteiger partial charge in [-0.15, -0.1) is 0 Å². The molecule has 0 unspecified atom stereocenters. The molecular formula is C14H16F2N2O. The minimum atomic E-state index is -0.755. The van der Waals surface area contributed by atoms with E-state index in [1.54, 1.807) is 6.07 Å². The highest BCUT2D eigenvalue weighted by molar-refractivity contribution is 5.50. The monoisotopic (exact) mass is 266 g/mol. The topological polar surface area (TPSA) is 56.0 Å². The summed E-state index contributed by atoms with van der Waals surface area (Å²) in [6.07, 6.45) is 3.64. The van der Waals surface area contributed by atoms with Crippen molar-refractivity contribution < 1.29 is 13.9 Å². The molecular weight excluding hydrogens is 250 g/mol. The van der Waals surface area contributed by atoms with Gasteiger partial charge in [-0.3, -0.25) is 0 Å². The fourth-order valence-electron chi connectivity index (χ4n) is 2.51. The number of nitrogens with zero attached hydrogens (tertiary/aromatic N) is 1. The zero-order valence-corrected chi connectivity index (χ0v) is 10.5. The van der Waals surface area contributed by atoms with Gasteiger partial charge in [-0.25, -0.2) is 8.78 Å². The third-order valence-electron chi connectivity index (χ3n) is 3.87. The molecule has 2 rings (SSSR count). The van der Waals surface area contributed by atoms with E-state index in [2.05, 4.69) is 5.32 Å². The van der Waals surface area contributed by atoms with Crippen LogP contribution in [-0.4, -0.2) is 18.3 Å². The Morgan fingerprint density at radius 3 is 2.37 bits per heavy atom. The first-order chi connectivity index (χ1) is 9.10. The molecule has 0 aromatic heterocycles. The van der Waals surface area contributed by atoms with Crippen molar-refractivity contribution in [1.29, 1.82) is 5.26 Å². The Bertz CT molecular complexity index is 484. The number of hydrogen-bond donors (Lipinski definition) is 2. The number of anilines is 1. The van der Waals surface area contributed by atoms with Crippen molar-refractivity contribution in [3.05, 3.63) is 29.3 Å². The van der Waals surface area contributed by atoms with Crippen molar-refractivity contribution >= 4 is 5.69 Å². The summed E-state index contributed by atoms with van der Waals surface area (Å²) >= 11 is 0. The molecule has 1 saturated carbocycles. The number of halogens is 2. The van der Waals surface area contributed by atoms with Gasteiger partial charge in [-0.2, -0.15) is 5.26 Å². The Labute approximate surface area is 110 Å². The average Bonchev–Trinajstić information content (AvgIpc) is 2.34. The van der Waals surface area contributed by atoms with Crippen LogP contribution in [0.4, 0.5) is 14.5 Å². The van der Waals surface area contributed by atoms with E-state index < -0.39 is 11.6 Å². The van der Waals surface area contributed by atoms with Gasteiger partial charge in [-0.05, 0) is 36.8 Å². The van der Waals surface area contributed by atoms with Crippen LogP contribution in [0.15, 0.2) is 12.1 Å². The molecule has 1 aliphatic rings. The molecule has 1 fully saturated rings. The molecule has 0 atom stereocenters. The lowest BCUT2D eigenvalue weighted by Crippen LogP contribution is -2.37. The van der Waals surface area contributed by atoms with Crippen LogP contribution in [0.25, 0.3) is 0 Å². The van der Waals surface area contributed by atoms with Gasteiger partial charge in [0.15, 0.2) is 11.6 Å². The molecule has 1 aromatic carbocycles. The highest BCUT2D eigenvalue weighted by atomic mass is 19.1. The molecule has 0 saturated heterocycles. The zero-order valence-electron chi connectivity index (χ0n) is 10.5. The maximum Gasteiger partial charge on any atom is 0.150 e. The van der Waals surface area contributed by atoms with Crippen LogP contribution in [0.1, 0.15) is 31.2 Å². The molecule has 102 valence electrons. The molecule has 0 heterocycles. The van der Waals surface area contributed by atoms with Gasteiger partial charge in [-0.1, -0.05) is 6.42 Å². The normalized spacial score (nSPS) is 16.5. The van der Waals surface area contributed by atoms with E-state index in [0.717, 1.165) is 31.4 Å². The van der Waals surface area contributed by atoms with Gasteiger partial charge >= 0.3 is 0 Å². The Hall–Kier alpha value is -1.67. The molecule has 2 N–H and O–H groups in total. The van der Waals surface area contributed by atoms with Gasteiger partial charge < -0.3 is 10.4 Å². The molecule has 1 aliphatic carbocycles. The number of nitriles is 1. The molecule has 0 radical (unpaired) electrons. The third-order valence-corrected chi connectivity index (χ3v) is 3.87. The van der Waals surface area contributed by atoms with E-state index in [9.17, 15) is 8.78 Å². The lowest BCUT2D eigenvalue weighted by atomic mass is 9.67. The Morgan fingerprint density at radius 1 is 1.32 bits per heavy atom. The fourth-order valence-corrected chi connectivity index (χ4v) is 2.51. The molecule has 5 heteroatoms. The number of rotatable bonds is 5. The summed E-state index contributed by atoms with van der Waals surface area (Å²) in [7, 11) is 0. The molecule has 0 bridgehead atoms. The van der Waals surface area contributed by atoms with Gasteiger partial charge in [0.05, 0.1) is 11.6 Å². The van der Waals surface area contributed by atoms with E-state index in [1.165, 1.54) is 0 Å². The molecule has 0 spiro atoms. The number of aliphatic hydroxyl groups excluding tert-OH is 1. The van der Waals surface area contributed by atoms with Gasteiger partial charge in [0, 0.05) is 13.2 Å². The lowest BCUT2D eigenvalue weighted by Gasteiger charge is -2.42. The largest absolute Gasteiger partial charge is 0.396 e. The fraction of sp³-hybridized carbons (Fsp3) is 0.500. The van der Waals surface area contributed by atoms with Crippen LogP contribution < -0.4 is 5.32 Å². The highest BCUT2D eigenvalue weighted by Crippen LogP contribution is 2.44. The summed E-state index contributed by atoms with van der Waals surface area (Å²) in [5.74, 6) is -1.51. The van der Waals surface area contributed by atoms with E-state index >= 15 is 0 Å². The first-order valence-electron chi connectivity index (χ1n) is 6.34. The first-order valence-corrected chi connectivity index (χ1v) is 6.34. The molecule has 0 amide bonds. The van der Waals surface area contributed by atoms with E-state index in [1.807, 2.05) is 0 Å². The maximum atomic E-state index is 13.7. The zero-order chi connectivity index (χ0) is 13.9. The summed E-state index contributed by atoms with van der Waals surface area (Å²) in [6.45, 7) is 0.521. The Morgan fingerprint density at radius 2 is 1.95 bits per heavy atom. The second-order valence-electron chi connectivity index (χ2n) is 5.11. The number of hydrogen-bond acceptors (Lipinski definition) is 3. The minimum absolute atomic E-state index is 0.0331. The lowest BCUT2D eigenvalue weighted by molar-refractivity contribution is 0.101. The Balaban J connectivity index is 2.09. The van der Waals surface area contributed by atoms with Gasteiger partial charge in [0.2, 0.25) is 0 Å². The summed E-state index contributed by atoms with van der Waals surface area (Å²) in [5, 5.41) is 20.4. The Kier molecular flexibility index (Phi) is 4.01. The summed E-state index contributed by atoms with van der Waals surface area (Å²) in [6, 6.07) is 3.75. The van der Waals surface area contributed by atoms with Crippen LogP contribution in [0.3, 0.4) is 0 Å². The predicted octanol–water partition coefficient (Wildman–Crippen LogP) is 2.80. The average molecular weight is 266 g/mol. The van der Waals surface area contributed by atoms with E-state index in [4.69, 9.17) is 10.4 Å². The first kappa shape index (κ1) is 13.8. The van der Waals surface area contributed by atoms with Crippen molar-refractivity contribution in [2.24, 2.45) is 5.41 Å². The minimum Gasteiger partial charge on any atom is -0.396 e. The SMILES string of the molecule is N#Cc1cc(F)c(NCC2(CCO)CCC2)c(F)c1. The van der Waals surface area contributed by atoms with Crippen LogP contribution in [0.2, 0.25) is 0 Å². The standard InChI is InChI=1S/C14H16F2N2O/c15-11-6-10(8-17)7-12(16)13(11)18-9-14(4-5-19)2-1-3-14/h6-7,18-19H,1-5,9H2. The van der Waals surface area contributed by atoms with Crippen LogP contribution in [-0.2, 0) is 0 Å².